The molecule has 0 saturated carbocycles. The first-order chi connectivity index (χ1) is 15.3. The van der Waals surface area contributed by atoms with Crippen molar-refractivity contribution in [1.82, 2.24) is 4.90 Å². The van der Waals surface area contributed by atoms with Gasteiger partial charge in [-0.25, -0.2) is 9.89 Å². The lowest BCUT2D eigenvalue weighted by atomic mass is 10.0. The van der Waals surface area contributed by atoms with Crippen LogP contribution in [0.4, 0.5) is 5.69 Å². The molecule has 0 bridgehead atoms. The van der Waals surface area contributed by atoms with E-state index in [4.69, 9.17) is 28.2 Å². The molecule has 0 aromatic heterocycles. The number of hydrogen-bond acceptors (Lipinski definition) is 5. The summed E-state index contributed by atoms with van der Waals surface area (Å²) in [6, 6.07) is 12.3. The number of amides is 1. The van der Waals surface area contributed by atoms with E-state index in [0.29, 0.717) is 49.3 Å². The third kappa shape index (κ3) is 4.88. The zero-order valence-corrected chi connectivity index (χ0v) is 21.1. The third-order valence-electron chi connectivity index (χ3n) is 5.50. The molecule has 2 aromatic rings. The topological polar surface area (TPSA) is 92.3 Å². The minimum absolute atomic E-state index is 0. The lowest BCUT2D eigenvalue weighted by Gasteiger charge is -2.27. The molecule has 3 unspecified atom stereocenters. The lowest BCUT2D eigenvalue weighted by Crippen LogP contribution is -3.14. The van der Waals surface area contributed by atoms with Crippen LogP contribution in [0.15, 0.2) is 59.5 Å². The number of carbonyl (C=O) groups is 1. The predicted octanol–water partition coefficient (Wildman–Crippen LogP) is 0.130. The number of carbonyl (C=O) groups excluding carboxylic acids is 1. The van der Waals surface area contributed by atoms with E-state index >= 15 is 0 Å². The van der Waals surface area contributed by atoms with Gasteiger partial charge in [0, 0.05) is 28.1 Å². The van der Waals surface area contributed by atoms with Gasteiger partial charge in [-0.05, 0) is 24.3 Å². The zero-order chi connectivity index (χ0) is 23.0. The Morgan fingerprint density at radius 1 is 1.24 bits per heavy atom. The van der Waals surface area contributed by atoms with Gasteiger partial charge in [-0.15, -0.1) is 0 Å². The molecular formula is C21H19BrCl3N5O3. The van der Waals surface area contributed by atoms with Crippen LogP contribution in [-0.4, -0.2) is 45.6 Å². The van der Waals surface area contributed by atoms with Crippen molar-refractivity contribution in [3.8, 4) is 0 Å². The molecule has 0 fully saturated rings. The number of aliphatic imine (C=N–C) groups is 1. The second-order valence-corrected chi connectivity index (χ2v) is 9.01. The summed E-state index contributed by atoms with van der Waals surface area (Å²) < 4.78 is 0. The fourth-order valence-electron chi connectivity index (χ4n) is 3.95. The van der Waals surface area contributed by atoms with E-state index in [1.165, 1.54) is 6.20 Å². The number of anilines is 1. The molecule has 2 heterocycles. The van der Waals surface area contributed by atoms with Crippen molar-refractivity contribution in [3.05, 3.63) is 85.8 Å². The molecule has 0 saturated heterocycles. The number of nitro groups is 1. The first kappa shape index (κ1) is 25.5. The number of hydrogen-bond donors (Lipinski definition) is 2. The Hall–Kier alpha value is -2.17. The highest BCUT2D eigenvalue weighted by atomic mass is 79.9. The maximum atomic E-state index is 13.3. The quantitative estimate of drug-likeness (QED) is 0.301. The van der Waals surface area contributed by atoms with Crippen molar-refractivity contribution in [1.29, 1.82) is 0 Å². The second-order valence-electron chi connectivity index (χ2n) is 7.37. The Morgan fingerprint density at radius 2 is 1.97 bits per heavy atom. The van der Waals surface area contributed by atoms with Gasteiger partial charge in [-0.2, -0.15) is 0 Å². The van der Waals surface area contributed by atoms with E-state index in [9.17, 15) is 14.9 Å². The van der Waals surface area contributed by atoms with Gasteiger partial charge in [-0.1, -0.05) is 57.3 Å². The molecule has 4 rings (SSSR count). The summed E-state index contributed by atoms with van der Waals surface area (Å²) in [6.07, 6.45) is -0.0150. The predicted molar refractivity (Wildman–Crippen MR) is 127 cm³/mol. The SMILES string of the molecule is CC1N(C2N=C(c3ccccc3Cl)c3cc(Cl)ccc3NC2=O)C=C([N+](=O)[O-])[NH+]1CCBr.[Cl-]. The van der Waals surface area contributed by atoms with Crippen molar-refractivity contribution in [2.75, 3.05) is 17.2 Å². The van der Waals surface area contributed by atoms with Crippen LogP contribution >= 0.6 is 39.1 Å². The first-order valence-electron chi connectivity index (χ1n) is 9.81. The number of halogens is 4. The molecule has 174 valence electrons. The van der Waals surface area contributed by atoms with Crippen LogP contribution in [0.1, 0.15) is 18.1 Å². The summed E-state index contributed by atoms with van der Waals surface area (Å²) in [5.74, 6) is -0.412. The van der Waals surface area contributed by atoms with Crippen LogP contribution in [0.3, 0.4) is 0 Å². The normalized spacial score (nSPS) is 21.9. The summed E-state index contributed by atoms with van der Waals surface area (Å²) >= 11 is 16.1. The molecular weight excluding hydrogens is 557 g/mol. The molecule has 2 aliphatic rings. The van der Waals surface area contributed by atoms with Gasteiger partial charge in [0.25, 0.3) is 5.91 Å². The zero-order valence-electron chi connectivity index (χ0n) is 17.3. The Morgan fingerprint density at radius 3 is 2.64 bits per heavy atom. The van der Waals surface area contributed by atoms with Gasteiger partial charge in [0.2, 0.25) is 6.17 Å². The average Bonchev–Trinajstić information content (AvgIpc) is 3.00. The van der Waals surface area contributed by atoms with Crippen LogP contribution in [0, 0.1) is 10.1 Å². The standard InChI is InChI=1S/C21H18BrCl2N5O3.ClH/c1-12-27(9-8-22)18(29(31)32)11-28(12)20-21(30)25-17-7-6-13(23)10-15(17)19(26-20)14-4-2-3-5-16(14)24;/h2-7,10-12,20H,8-9H2,1H3,(H,25,30);1H. The average molecular weight is 576 g/mol. The van der Waals surface area contributed by atoms with Gasteiger partial charge < -0.3 is 17.7 Å². The van der Waals surface area contributed by atoms with Gasteiger partial charge >= 0.3 is 5.82 Å². The van der Waals surface area contributed by atoms with E-state index in [1.807, 2.05) is 19.1 Å². The number of nitrogens with zero attached hydrogens (tertiary/aromatic N) is 3. The Balaban J connectivity index is 0.00000306. The van der Waals surface area contributed by atoms with Crippen LogP contribution < -0.4 is 22.6 Å². The van der Waals surface area contributed by atoms with Crippen molar-refractivity contribution < 1.29 is 27.0 Å². The monoisotopic (exact) mass is 573 g/mol. The highest BCUT2D eigenvalue weighted by molar-refractivity contribution is 9.09. The number of nitrogens with one attached hydrogen (secondary N) is 2. The number of rotatable bonds is 5. The van der Waals surface area contributed by atoms with E-state index in [-0.39, 0.29) is 24.4 Å². The fraction of sp³-hybridized carbons (Fsp3) is 0.238. The lowest BCUT2D eigenvalue weighted by molar-refractivity contribution is -0.936. The maximum absolute atomic E-state index is 13.3. The minimum Gasteiger partial charge on any atom is -1.00 e. The Bertz CT molecular complexity index is 1160. The molecule has 2 N–H and O–H groups in total. The number of benzodiazepines with no additional fused rings is 1. The van der Waals surface area contributed by atoms with Crippen molar-refractivity contribution in [2.24, 2.45) is 4.99 Å². The van der Waals surface area contributed by atoms with Crippen molar-refractivity contribution >= 4 is 56.4 Å². The van der Waals surface area contributed by atoms with Crippen LogP contribution in [0.2, 0.25) is 10.0 Å². The summed E-state index contributed by atoms with van der Waals surface area (Å²) in [6.45, 7) is 2.31. The molecule has 3 atom stereocenters. The number of fused-ring (bicyclic) bond motifs is 1. The van der Waals surface area contributed by atoms with Crippen LogP contribution in [0.5, 0.6) is 0 Å². The van der Waals surface area contributed by atoms with Crippen LogP contribution in [-0.2, 0) is 4.79 Å². The van der Waals surface area contributed by atoms with Gasteiger partial charge in [-0.3, -0.25) is 19.8 Å². The first-order valence-corrected chi connectivity index (χ1v) is 11.7. The highest BCUT2D eigenvalue weighted by Crippen LogP contribution is 2.31. The molecule has 0 radical (unpaired) electrons. The van der Waals surface area contributed by atoms with Gasteiger partial charge in [0.05, 0.1) is 23.3 Å². The van der Waals surface area contributed by atoms with Crippen molar-refractivity contribution in [2.45, 2.75) is 19.3 Å². The second kappa shape index (κ2) is 10.4. The molecule has 12 heteroatoms. The third-order valence-corrected chi connectivity index (χ3v) is 6.47. The summed E-state index contributed by atoms with van der Waals surface area (Å²) in [5.41, 5.74) is 2.27. The number of alkyl halides is 1. The molecule has 2 aliphatic heterocycles. The molecule has 8 nitrogen and oxygen atoms in total. The summed E-state index contributed by atoms with van der Waals surface area (Å²) in [7, 11) is 0. The highest BCUT2D eigenvalue weighted by Gasteiger charge is 2.46. The largest absolute Gasteiger partial charge is 1.00 e. The molecule has 0 aliphatic carbocycles. The maximum Gasteiger partial charge on any atom is 0.444 e. The van der Waals surface area contributed by atoms with E-state index in [2.05, 4.69) is 21.2 Å². The molecule has 1 amide bonds. The van der Waals surface area contributed by atoms with Crippen molar-refractivity contribution in [3.63, 3.8) is 0 Å². The molecule has 33 heavy (non-hydrogen) atoms. The Labute approximate surface area is 214 Å². The fourth-order valence-corrected chi connectivity index (χ4v) is 4.78. The van der Waals surface area contributed by atoms with Crippen LogP contribution in [0.25, 0.3) is 0 Å². The number of benzene rings is 2. The van der Waals surface area contributed by atoms with E-state index < -0.39 is 17.0 Å². The molecule has 0 spiro atoms. The summed E-state index contributed by atoms with van der Waals surface area (Å²) in [4.78, 5) is 31.5. The number of quaternary nitrogens is 1. The minimum atomic E-state index is -1.04. The van der Waals surface area contributed by atoms with E-state index in [1.54, 1.807) is 35.2 Å². The van der Waals surface area contributed by atoms with Gasteiger partial charge in [0.1, 0.15) is 11.1 Å². The van der Waals surface area contributed by atoms with Gasteiger partial charge in [0.15, 0.2) is 6.17 Å². The Kier molecular flexibility index (Phi) is 8.02. The summed E-state index contributed by atoms with van der Waals surface area (Å²) in [5, 5.41) is 16.1. The molecule has 2 aromatic carbocycles. The smallest absolute Gasteiger partial charge is 0.444 e. The van der Waals surface area contributed by atoms with E-state index in [0.717, 1.165) is 0 Å².